The summed E-state index contributed by atoms with van der Waals surface area (Å²) in [6.07, 6.45) is 8.73. The maximum Gasteiger partial charge on any atom is 0.148 e. The molecule has 0 amide bonds. The van der Waals surface area contributed by atoms with Crippen LogP contribution in [-0.4, -0.2) is 55.4 Å². The van der Waals surface area contributed by atoms with Gasteiger partial charge in [0.25, 0.3) is 0 Å². The van der Waals surface area contributed by atoms with Crippen molar-refractivity contribution in [3.8, 4) is 0 Å². The molecule has 2 aliphatic heterocycles. The molecule has 0 saturated carbocycles. The van der Waals surface area contributed by atoms with Gasteiger partial charge < -0.3 is 10.2 Å². The summed E-state index contributed by atoms with van der Waals surface area (Å²) in [6, 6.07) is 8.44. The second-order valence-corrected chi connectivity index (χ2v) is 8.46. The van der Waals surface area contributed by atoms with Gasteiger partial charge in [-0.2, -0.15) is 0 Å². The Hall–Kier alpha value is -2.33. The lowest BCUT2D eigenvalue weighted by molar-refractivity contribution is -0.115. The van der Waals surface area contributed by atoms with Crippen molar-refractivity contribution in [1.82, 2.24) is 9.80 Å². The quantitative estimate of drug-likeness (QED) is 0.727. The minimum absolute atomic E-state index is 0.141. The first-order valence-corrected chi connectivity index (χ1v) is 10.8. The van der Waals surface area contributed by atoms with E-state index in [1.807, 2.05) is 0 Å². The number of likely N-dealkylation sites (tertiary alicyclic amines) is 1. The van der Waals surface area contributed by atoms with Crippen LogP contribution in [0.1, 0.15) is 45.6 Å². The van der Waals surface area contributed by atoms with Gasteiger partial charge in [-0.05, 0) is 70.0 Å². The van der Waals surface area contributed by atoms with Crippen molar-refractivity contribution in [3.05, 3.63) is 58.8 Å². The van der Waals surface area contributed by atoms with Gasteiger partial charge >= 0.3 is 0 Å². The van der Waals surface area contributed by atoms with Crippen LogP contribution in [0.15, 0.2) is 53.3 Å². The summed E-state index contributed by atoms with van der Waals surface area (Å²) in [6.45, 7) is 10.9. The SMILES string of the molecule is CC(=O)CNc1ccc(C2=CCN(C)C(C)=C2/C=C(\C)CN2CCCCC2)cc1. The molecule has 0 bridgehead atoms. The number of carbonyl (C=O) groups excluding carboxylic acids is 1. The molecular formula is C25H35N3O. The van der Waals surface area contributed by atoms with Crippen molar-refractivity contribution in [2.45, 2.75) is 40.0 Å². The highest BCUT2D eigenvalue weighted by atomic mass is 16.1. The van der Waals surface area contributed by atoms with Crippen molar-refractivity contribution in [2.24, 2.45) is 0 Å². The van der Waals surface area contributed by atoms with E-state index in [1.54, 1.807) is 6.92 Å². The predicted molar refractivity (Wildman–Crippen MR) is 123 cm³/mol. The zero-order valence-corrected chi connectivity index (χ0v) is 18.4. The number of likely N-dealkylation sites (N-methyl/N-ethyl adjacent to an activating group) is 1. The van der Waals surface area contributed by atoms with Crippen LogP contribution in [-0.2, 0) is 4.79 Å². The van der Waals surface area contributed by atoms with E-state index >= 15 is 0 Å². The molecular weight excluding hydrogens is 358 g/mol. The van der Waals surface area contributed by atoms with Crippen LogP contribution in [0.5, 0.6) is 0 Å². The molecule has 1 fully saturated rings. The summed E-state index contributed by atoms with van der Waals surface area (Å²) < 4.78 is 0. The summed E-state index contributed by atoms with van der Waals surface area (Å²) >= 11 is 0. The third-order valence-electron chi connectivity index (χ3n) is 5.87. The first kappa shape index (κ1) is 21.4. The van der Waals surface area contributed by atoms with Gasteiger partial charge in [0, 0.05) is 37.1 Å². The highest BCUT2D eigenvalue weighted by Crippen LogP contribution is 2.32. The lowest BCUT2D eigenvalue weighted by Crippen LogP contribution is -2.31. The fourth-order valence-corrected chi connectivity index (χ4v) is 4.09. The van der Waals surface area contributed by atoms with Crippen LogP contribution >= 0.6 is 0 Å². The van der Waals surface area contributed by atoms with Crippen molar-refractivity contribution < 1.29 is 4.79 Å². The van der Waals surface area contributed by atoms with E-state index in [4.69, 9.17) is 0 Å². The Bertz CT molecular complexity index is 811. The number of benzene rings is 1. The lowest BCUT2D eigenvalue weighted by Gasteiger charge is -2.29. The van der Waals surface area contributed by atoms with Gasteiger partial charge in [0.1, 0.15) is 5.78 Å². The summed E-state index contributed by atoms with van der Waals surface area (Å²) in [5.74, 6) is 0.141. The summed E-state index contributed by atoms with van der Waals surface area (Å²) in [5.41, 5.74) is 7.57. The Labute approximate surface area is 176 Å². The molecule has 1 saturated heterocycles. The first-order valence-electron chi connectivity index (χ1n) is 10.8. The van der Waals surface area contributed by atoms with E-state index in [2.05, 4.69) is 72.4 Å². The van der Waals surface area contributed by atoms with Gasteiger partial charge in [-0.25, -0.2) is 0 Å². The third kappa shape index (κ3) is 5.83. The fourth-order valence-electron chi connectivity index (χ4n) is 4.09. The number of hydrogen-bond acceptors (Lipinski definition) is 4. The van der Waals surface area contributed by atoms with Crippen LogP contribution in [0, 0.1) is 0 Å². The minimum Gasteiger partial charge on any atom is -0.378 e. The minimum atomic E-state index is 0.141. The van der Waals surface area contributed by atoms with E-state index in [-0.39, 0.29) is 5.78 Å². The molecule has 156 valence electrons. The fraction of sp³-hybridized carbons (Fsp3) is 0.480. The average Bonchev–Trinajstić information content (AvgIpc) is 2.71. The predicted octanol–water partition coefficient (Wildman–Crippen LogP) is 4.72. The smallest absolute Gasteiger partial charge is 0.148 e. The zero-order valence-electron chi connectivity index (χ0n) is 18.4. The van der Waals surface area contributed by atoms with Crippen LogP contribution in [0.25, 0.3) is 5.57 Å². The largest absolute Gasteiger partial charge is 0.378 e. The highest BCUT2D eigenvalue weighted by Gasteiger charge is 2.18. The molecule has 0 aliphatic carbocycles. The molecule has 0 atom stereocenters. The Morgan fingerprint density at radius 3 is 2.45 bits per heavy atom. The number of ketones is 1. The third-order valence-corrected chi connectivity index (χ3v) is 5.87. The summed E-state index contributed by atoms with van der Waals surface area (Å²) in [5, 5.41) is 3.17. The van der Waals surface area contributed by atoms with Gasteiger partial charge in [0.05, 0.1) is 6.54 Å². The van der Waals surface area contributed by atoms with Crippen molar-refractivity contribution in [1.29, 1.82) is 0 Å². The number of nitrogens with one attached hydrogen (secondary N) is 1. The number of rotatable bonds is 7. The maximum atomic E-state index is 11.2. The molecule has 4 nitrogen and oxygen atoms in total. The topological polar surface area (TPSA) is 35.6 Å². The van der Waals surface area contributed by atoms with Crippen LogP contribution in [0.3, 0.4) is 0 Å². The molecule has 3 rings (SSSR count). The average molecular weight is 394 g/mol. The molecule has 1 N–H and O–H groups in total. The Kier molecular flexibility index (Phi) is 7.32. The number of piperidine rings is 1. The molecule has 2 heterocycles. The van der Waals surface area contributed by atoms with E-state index < -0.39 is 0 Å². The van der Waals surface area contributed by atoms with E-state index in [0.29, 0.717) is 6.54 Å². The number of hydrogen-bond donors (Lipinski definition) is 1. The summed E-state index contributed by atoms with van der Waals surface area (Å²) in [7, 11) is 2.16. The standard InChI is InChI=1S/C25H35N3O/c1-19(18-28-13-6-5-7-14-28)16-25-21(3)27(4)15-12-24(25)22-8-10-23(11-9-22)26-17-20(2)29/h8-12,16,26H,5-7,13-15,17-18H2,1-4H3/b19-16+. The van der Waals surface area contributed by atoms with Crippen molar-refractivity contribution >= 4 is 17.0 Å². The van der Waals surface area contributed by atoms with Crippen molar-refractivity contribution in [2.75, 3.05) is 45.1 Å². The molecule has 0 spiro atoms. The number of anilines is 1. The second-order valence-electron chi connectivity index (χ2n) is 8.46. The normalized spacial score (nSPS) is 18.7. The number of Topliss-reactive ketones (excluding diaryl/α,β-unsaturated/α-hetero) is 1. The molecule has 1 aromatic rings. The van der Waals surface area contributed by atoms with Crippen LogP contribution < -0.4 is 5.32 Å². The van der Waals surface area contributed by atoms with Crippen LogP contribution in [0.2, 0.25) is 0 Å². The molecule has 0 unspecified atom stereocenters. The van der Waals surface area contributed by atoms with Gasteiger partial charge in [-0.1, -0.05) is 36.3 Å². The number of nitrogens with zero attached hydrogens (tertiary/aromatic N) is 2. The van der Waals surface area contributed by atoms with Gasteiger partial charge in [0.15, 0.2) is 0 Å². The Balaban J connectivity index is 1.79. The Morgan fingerprint density at radius 1 is 1.10 bits per heavy atom. The van der Waals surface area contributed by atoms with Gasteiger partial charge in [0.2, 0.25) is 0 Å². The molecule has 1 aromatic carbocycles. The maximum absolute atomic E-state index is 11.2. The van der Waals surface area contributed by atoms with Crippen molar-refractivity contribution in [3.63, 3.8) is 0 Å². The lowest BCUT2D eigenvalue weighted by atomic mass is 9.91. The number of carbonyl (C=O) groups is 1. The summed E-state index contributed by atoms with van der Waals surface area (Å²) in [4.78, 5) is 16.1. The molecule has 29 heavy (non-hydrogen) atoms. The molecule has 2 aliphatic rings. The zero-order chi connectivity index (χ0) is 20.8. The number of allylic oxidation sites excluding steroid dienone is 4. The van der Waals surface area contributed by atoms with E-state index in [1.165, 1.54) is 60.3 Å². The second kappa shape index (κ2) is 9.93. The van der Waals surface area contributed by atoms with Crippen LogP contribution in [0.4, 0.5) is 5.69 Å². The Morgan fingerprint density at radius 2 is 1.79 bits per heavy atom. The van der Waals surface area contributed by atoms with E-state index in [0.717, 1.165) is 18.8 Å². The van der Waals surface area contributed by atoms with E-state index in [9.17, 15) is 4.79 Å². The molecule has 0 aromatic heterocycles. The monoisotopic (exact) mass is 393 g/mol. The van der Waals surface area contributed by atoms with Gasteiger partial charge in [-0.15, -0.1) is 0 Å². The van der Waals surface area contributed by atoms with Gasteiger partial charge in [-0.3, -0.25) is 9.69 Å². The highest BCUT2D eigenvalue weighted by molar-refractivity contribution is 5.84. The molecule has 4 heteroatoms. The first-order chi connectivity index (χ1) is 13.9. The molecule has 0 radical (unpaired) electrons.